The van der Waals surface area contributed by atoms with E-state index in [9.17, 15) is 52.7 Å². The Morgan fingerprint density at radius 1 is 0.747 bits per heavy atom. The molecule has 408 valence electrons. The number of guanidine groups is 1. The number of carbonyl (C=O) groups is 11. The predicted octanol–water partition coefficient (Wildman–Crippen LogP) is -4.04. The van der Waals surface area contributed by atoms with Crippen molar-refractivity contribution in [1.82, 2.24) is 42.1 Å². The van der Waals surface area contributed by atoms with Gasteiger partial charge in [-0.15, -0.1) is 0 Å². The van der Waals surface area contributed by atoms with E-state index >= 15 is 0 Å². The van der Waals surface area contributed by atoms with Gasteiger partial charge in [-0.05, 0) is 55.4 Å². The van der Waals surface area contributed by atoms with Crippen molar-refractivity contribution >= 4 is 92.5 Å². The summed E-state index contributed by atoms with van der Waals surface area (Å²) >= 11 is 0. The molecule has 2 heterocycles. The highest BCUT2D eigenvalue weighted by Gasteiger charge is 2.40. The second kappa shape index (κ2) is 30.5. The quantitative estimate of drug-likeness (QED) is 0.0260. The summed E-state index contributed by atoms with van der Waals surface area (Å²) in [7, 11) is 3.71. The number of primary amides is 3. The van der Waals surface area contributed by atoms with Crippen LogP contribution < -0.4 is 70.6 Å². The first kappa shape index (κ1) is 59.9. The van der Waals surface area contributed by atoms with E-state index in [0.717, 1.165) is 21.6 Å². The predicted molar refractivity (Wildman–Crippen MR) is 277 cm³/mol. The SMILES string of the molecule is COc1ccc(C[C@@H]2NC(=O)CCSSC[C@H](C(=O)N3CCC[C@H]3C(=O)N[C@@H](CCCN=C(N)N)C(=O)NCC(N)=O)NC(=O)[C@H](CC(N)=O)NC(=O)[C@H](CCC(N)=O)NC(=O)[C@H](Cc3ccccc3)NC2=O)cc1. The average Bonchev–Trinajstić information content (AvgIpc) is 3.87. The Labute approximate surface area is 440 Å². The number of hydrogen-bond acceptors (Lipinski definition) is 15. The third-order valence-electron chi connectivity index (χ3n) is 11.7. The van der Waals surface area contributed by atoms with Crippen LogP contribution in [0.2, 0.25) is 0 Å². The molecular weight excluding hydrogens is 1020 g/mol. The molecule has 17 N–H and O–H groups in total. The van der Waals surface area contributed by atoms with Crippen LogP contribution in [0.5, 0.6) is 5.75 Å². The minimum Gasteiger partial charge on any atom is -0.497 e. The molecule has 0 aliphatic carbocycles. The lowest BCUT2D eigenvalue weighted by molar-refractivity contribution is -0.142. The molecule has 0 aromatic heterocycles. The van der Waals surface area contributed by atoms with Crippen molar-refractivity contribution in [3.63, 3.8) is 0 Å². The first-order chi connectivity index (χ1) is 35.7. The van der Waals surface area contributed by atoms with Gasteiger partial charge in [0.15, 0.2) is 5.96 Å². The van der Waals surface area contributed by atoms with Crippen molar-refractivity contribution in [3.05, 3.63) is 65.7 Å². The topological polar surface area (TPSA) is 427 Å². The number of hydrogen-bond donors (Lipinski definition) is 12. The molecule has 28 heteroatoms. The molecule has 11 amide bonds. The maximum Gasteiger partial charge on any atom is 0.246 e. The summed E-state index contributed by atoms with van der Waals surface area (Å²) in [5.74, 6) is -9.00. The van der Waals surface area contributed by atoms with E-state index in [1.165, 1.54) is 12.0 Å². The summed E-state index contributed by atoms with van der Waals surface area (Å²) in [4.78, 5) is 153. The Kier molecular flexibility index (Phi) is 24.4. The van der Waals surface area contributed by atoms with Crippen LogP contribution in [0.15, 0.2) is 59.6 Å². The fourth-order valence-corrected chi connectivity index (χ4v) is 10.1. The molecule has 2 aliphatic heterocycles. The van der Waals surface area contributed by atoms with E-state index in [1.54, 1.807) is 54.6 Å². The summed E-state index contributed by atoms with van der Waals surface area (Å²) in [6, 6.07) is 5.55. The molecule has 0 unspecified atom stereocenters. The number of likely N-dealkylation sites (tertiary alicyclic amines) is 1. The third kappa shape index (κ3) is 20.7. The van der Waals surface area contributed by atoms with Gasteiger partial charge in [-0.3, -0.25) is 57.7 Å². The van der Waals surface area contributed by atoms with Crippen molar-refractivity contribution in [2.75, 3.05) is 38.2 Å². The fraction of sp³-hybridized carbons (Fsp3) is 0.489. The zero-order valence-corrected chi connectivity index (χ0v) is 43.0. The average molecular weight is 1080 g/mol. The monoisotopic (exact) mass is 1080 g/mol. The number of rotatable bonds is 20. The van der Waals surface area contributed by atoms with Crippen molar-refractivity contribution in [1.29, 1.82) is 0 Å². The smallest absolute Gasteiger partial charge is 0.246 e. The van der Waals surface area contributed by atoms with E-state index < -0.39 is 133 Å². The number of methoxy groups -OCH3 is 1. The van der Waals surface area contributed by atoms with E-state index in [4.69, 9.17) is 33.4 Å². The van der Waals surface area contributed by atoms with Gasteiger partial charge in [0.2, 0.25) is 65.0 Å². The number of aliphatic imine (C=N–C) groups is 1. The third-order valence-corrected chi connectivity index (χ3v) is 14.1. The van der Waals surface area contributed by atoms with Crippen LogP contribution in [0, 0.1) is 0 Å². The van der Waals surface area contributed by atoms with E-state index in [0.29, 0.717) is 23.3 Å². The number of nitrogens with zero attached hydrogens (tertiary/aromatic N) is 2. The Balaban J connectivity index is 1.69. The molecule has 2 saturated heterocycles. The number of nitrogens with two attached hydrogens (primary N) is 5. The second-order valence-corrected chi connectivity index (χ2v) is 20.1. The molecule has 0 saturated carbocycles. The van der Waals surface area contributed by atoms with Gasteiger partial charge in [0.1, 0.15) is 48.0 Å². The van der Waals surface area contributed by atoms with Gasteiger partial charge in [0.25, 0.3) is 0 Å². The fourth-order valence-electron chi connectivity index (χ4n) is 7.91. The van der Waals surface area contributed by atoms with Gasteiger partial charge in [0, 0.05) is 50.3 Å². The molecule has 7 atom stereocenters. The maximum atomic E-state index is 14.6. The van der Waals surface area contributed by atoms with Gasteiger partial charge in [-0.25, -0.2) is 0 Å². The number of nitrogens with one attached hydrogen (secondary N) is 7. The molecular formula is C47H66N14O12S2. The van der Waals surface area contributed by atoms with Crippen LogP contribution in [0.1, 0.15) is 62.5 Å². The summed E-state index contributed by atoms with van der Waals surface area (Å²) in [6.45, 7) is -0.388. The van der Waals surface area contributed by atoms with Gasteiger partial charge in [0.05, 0.1) is 20.1 Å². The van der Waals surface area contributed by atoms with Crippen molar-refractivity contribution in [2.24, 2.45) is 33.7 Å². The van der Waals surface area contributed by atoms with Crippen LogP contribution in [-0.2, 0) is 65.6 Å². The minimum absolute atomic E-state index is 0.0170. The number of ether oxygens (including phenoxy) is 1. The normalized spacial score (nSPS) is 21.6. The summed E-state index contributed by atoms with van der Waals surface area (Å²) < 4.78 is 5.27. The number of carbonyl (C=O) groups excluding carboxylic acids is 11. The van der Waals surface area contributed by atoms with Crippen LogP contribution in [0.3, 0.4) is 0 Å². The largest absolute Gasteiger partial charge is 0.497 e. The highest BCUT2D eigenvalue weighted by Crippen LogP contribution is 2.26. The van der Waals surface area contributed by atoms with Gasteiger partial charge in [-0.2, -0.15) is 0 Å². The van der Waals surface area contributed by atoms with Gasteiger partial charge in [-0.1, -0.05) is 64.1 Å². The molecule has 4 rings (SSSR count). The lowest BCUT2D eigenvalue weighted by atomic mass is 10.0. The summed E-state index contributed by atoms with van der Waals surface area (Å²) in [6.07, 6.45) is -1.19. The van der Waals surface area contributed by atoms with E-state index in [2.05, 4.69) is 42.2 Å². The lowest BCUT2D eigenvalue weighted by Crippen LogP contribution is -2.61. The van der Waals surface area contributed by atoms with Crippen LogP contribution in [0.4, 0.5) is 0 Å². The highest BCUT2D eigenvalue weighted by molar-refractivity contribution is 8.76. The second-order valence-electron chi connectivity index (χ2n) is 17.5. The Morgan fingerprint density at radius 3 is 1.99 bits per heavy atom. The molecule has 0 spiro atoms. The van der Waals surface area contributed by atoms with Crippen LogP contribution >= 0.6 is 21.6 Å². The standard InChI is InChI=1S/C47H66N14O12S2/c1-73-28-13-11-27(12-14-28)22-31-42(68)58-32(21-26-7-3-2-4-8-26)43(69)56-30(15-16-36(48)62)41(67)59-33(23-37(49)63)44(70)60-34(25-75-74-20-17-39(65)55-31)46(72)61-19-6-10-35(61)45(71)57-29(9-5-18-53-47(51)52)40(66)54-24-38(50)64/h2-4,7-8,11-14,29-35H,5-6,9-10,15-25H2,1H3,(H2,48,62)(H2,49,63)(H2,50,64)(H,54,66)(H,55,65)(H,56,69)(H,57,71)(H,58,68)(H,59,67)(H,60,70)(H4,51,52,53)/t29-,30-,31-,32-,33-,34+,35-/m0/s1. The first-order valence-corrected chi connectivity index (χ1v) is 26.4. The van der Waals surface area contributed by atoms with Gasteiger partial charge >= 0.3 is 0 Å². The number of amides is 11. The zero-order chi connectivity index (χ0) is 55.0. The van der Waals surface area contributed by atoms with Gasteiger partial charge < -0.3 is 75.5 Å². The summed E-state index contributed by atoms with van der Waals surface area (Å²) in [5.41, 5.74) is 28.3. The number of benzene rings is 2. The Hall–Kier alpha value is -7.62. The molecule has 2 aromatic rings. The van der Waals surface area contributed by atoms with Crippen molar-refractivity contribution in [2.45, 2.75) is 107 Å². The van der Waals surface area contributed by atoms with Crippen LogP contribution in [-0.4, -0.2) is 156 Å². The molecule has 2 fully saturated rings. The molecule has 2 aromatic carbocycles. The van der Waals surface area contributed by atoms with Crippen molar-refractivity contribution in [3.8, 4) is 5.75 Å². The van der Waals surface area contributed by atoms with Crippen molar-refractivity contribution < 1.29 is 57.5 Å². The van der Waals surface area contributed by atoms with E-state index in [1.807, 2.05) is 0 Å². The highest BCUT2D eigenvalue weighted by atomic mass is 33.1. The minimum atomic E-state index is -1.76. The molecule has 0 bridgehead atoms. The van der Waals surface area contributed by atoms with Crippen LogP contribution in [0.25, 0.3) is 0 Å². The molecule has 2 aliphatic rings. The Morgan fingerprint density at radius 2 is 1.36 bits per heavy atom. The molecule has 75 heavy (non-hydrogen) atoms. The first-order valence-electron chi connectivity index (χ1n) is 24.0. The maximum absolute atomic E-state index is 14.6. The zero-order valence-electron chi connectivity index (χ0n) is 41.3. The molecule has 26 nitrogen and oxygen atoms in total. The summed E-state index contributed by atoms with van der Waals surface area (Å²) in [5, 5.41) is 18.0. The lowest BCUT2D eigenvalue weighted by Gasteiger charge is -2.31. The Bertz CT molecular complexity index is 2400. The van der Waals surface area contributed by atoms with E-state index in [-0.39, 0.29) is 69.1 Å². The molecule has 0 radical (unpaired) electrons.